The average molecular weight is 450 g/mol. The number of nitrogens with zero attached hydrogens (tertiary/aromatic N) is 2. The number of rotatable bonds is 8. The van der Waals surface area contributed by atoms with E-state index in [4.69, 9.17) is 12.2 Å². The van der Waals surface area contributed by atoms with E-state index in [9.17, 15) is 13.2 Å². The summed E-state index contributed by atoms with van der Waals surface area (Å²) in [7, 11) is -3.64. The maximum Gasteiger partial charge on any atom is 0.251 e. The molecule has 29 heavy (non-hydrogen) atoms. The Morgan fingerprint density at radius 3 is 2.66 bits per heavy atom. The van der Waals surface area contributed by atoms with Crippen LogP contribution in [0.15, 0.2) is 46.7 Å². The molecule has 1 amide bonds. The van der Waals surface area contributed by atoms with Crippen molar-refractivity contribution < 1.29 is 13.2 Å². The monoisotopic (exact) mass is 449 g/mol. The minimum atomic E-state index is -3.64. The Balaban J connectivity index is 1.38. The summed E-state index contributed by atoms with van der Waals surface area (Å²) in [5.74, 6) is 0.375. The summed E-state index contributed by atoms with van der Waals surface area (Å²) < 4.78 is 29.8. The molecule has 0 atom stereocenters. The van der Waals surface area contributed by atoms with Crippen molar-refractivity contribution in [3.05, 3.63) is 62.8 Å². The summed E-state index contributed by atoms with van der Waals surface area (Å²) in [5.41, 5.74) is 0.370. The van der Waals surface area contributed by atoms with Crippen molar-refractivity contribution >= 4 is 39.5 Å². The second-order valence-corrected chi connectivity index (χ2v) is 9.84. The Morgan fingerprint density at radius 1 is 1.24 bits per heavy atom. The van der Waals surface area contributed by atoms with Gasteiger partial charge in [-0.2, -0.15) is 5.10 Å². The molecule has 1 saturated carbocycles. The molecular formula is C18H19N5O3S3. The molecule has 0 unspecified atom stereocenters. The van der Waals surface area contributed by atoms with Gasteiger partial charge in [0.1, 0.15) is 0 Å². The van der Waals surface area contributed by atoms with Crippen LogP contribution in [0.2, 0.25) is 0 Å². The highest BCUT2D eigenvalue weighted by atomic mass is 32.2. The van der Waals surface area contributed by atoms with Crippen molar-refractivity contribution in [2.24, 2.45) is 0 Å². The van der Waals surface area contributed by atoms with Gasteiger partial charge in [-0.1, -0.05) is 6.07 Å². The maximum atomic E-state index is 12.4. The molecule has 3 N–H and O–H groups in total. The molecule has 1 aliphatic rings. The van der Waals surface area contributed by atoms with Crippen molar-refractivity contribution in [1.29, 1.82) is 0 Å². The number of nitrogens with one attached hydrogen (secondary N) is 3. The van der Waals surface area contributed by atoms with Crippen LogP contribution in [0.4, 0.5) is 0 Å². The molecule has 152 valence electrons. The summed E-state index contributed by atoms with van der Waals surface area (Å²) in [6.07, 6.45) is 2.12. The Bertz CT molecular complexity index is 1160. The van der Waals surface area contributed by atoms with Gasteiger partial charge < -0.3 is 5.32 Å². The van der Waals surface area contributed by atoms with Crippen LogP contribution < -0.4 is 10.0 Å². The smallest absolute Gasteiger partial charge is 0.251 e. The number of carbonyl (C=O) groups excluding carboxylic acids is 1. The largest absolute Gasteiger partial charge is 0.345 e. The quantitative estimate of drug-likeness (QED) is 0.458. The highest BCUT2D eigenvalue weighted by Crippen LogP contribution is 2.35. The van der Waals surface area contributed by atoms with E-state index in [1.807, 2.05) is 22.1 Å². The first-order valence-electron chi connectivity index (χ1n) is 9.00. The topological polar surface area (TPSA) is 109 Å². The lowest BCUT2D eigenvalue weighted by Crippen LogP contribution is -2.25. The van der Waals surface area contributed by atoms with Crippen molar-refractivity contribution in [2.45, 2.75) is 36.9 Å². The third-order valence-electron chi connectivity index (χ3n) is 4.54. The van der Waals surface area contributed by atoms with Gasteiger partial charge in [0, 0.05) is 23.0 Å². The van der Waals surface area contributed by atoms with Crippen LogP contribution in [0.5, 0.6) is 0 Å². The van der Waals surface area contributed by atoms with Gasteiger partial charge in [0.25, 0.3) is 5.91 Å². The summed E-state index contributed by atoms with van der Waals surface area (Å²) >= 11 is 6.71. The minimum Gasteiger partial charge on any atom is -0.345 e. The van der Waals surface area contributed by atoms with Crippen LogP contribution >= 0.6 is 23.6 Å². The van der Waals surface area contributed by atoms with E-state index in [0.717, 1.165) is 17.7 Å². The normalized spacial score (nSPS) is 14.1. The zero-order valence-corrected chi connectivity index (χ0v) is 17.7. The molecular weight excluding hydrogens is 430 g/mol. The number of benzene rings is 1. The number of hydrogen-bond acceptors (Lipinski definition) is 6. The van der Waals surface area contributed by atoms with E-state index in [0.29, 0.717) is 22.2 Å². The third-order valence-corrected chi connectivity index (χ3v) is 7.12. The molecule has 1 fully saturated rings. The molecule has 8 nitrogen and oxygen atoms in total. The molecule has 2 aromatic heterocycles. The standard InChI is InChI=1S/C18H19N5O3S3/c24-17(19-11-16-21-22-18(27)23(16)13-5-6-13)12-3-7-15(8-4-12)29(25,26)20-10-14-2-1-9-28-14/h1-4,7-9,13,20H,5-6,10-11H2,(H,19,24)(H,22,27). The van der Waals surface area contributed by atoms with Crippen LogP contribution in [0.1, 0.15) is 39.9 Å². The molecule has 0 aliphatic heterocycles. The number of aromatic nitrogens is 3. The lowest BCUT2D eigenvalue weighted by atomic mass is 10.2. The summed E-state index contributed by atoms with van der Waals surface area (Å²) in [4.78, 5) is 13.5. The predicted molar refractivity (Wildman–Crippen MR) is 112 cm³/mol. The molecule has 1 aromatic carbocycles. The van der Waals surface area contributed by atoms with E-state index < -0.39 is 10.0 Å². The number of sulfonamides is 1. The molecule has 3 aromatic rings. The number of carbonyl (C=O) groups is 1. The first-order valence-corrected chi connectivity index (χ1v) is 11.8. The van der Waals surface area contributed by atoms with E-state index >= 15 is 0 Å². The molecule has 0 saturated heterocycles. The van der Waals surface area contributed by atoms with Gasteiger partial charge in [0.05, 0.1) is 11.4 Å². The number of hydrogen-bond donors (Lipinski definition) is 3. The van der Waals surface area contributed by atoms with Gasteiger partial charge >= 0.3 is 0 Å². The Morgan fingerprint density at radius 2 is 2.00 bits per heavy atom. The zero-order chi connectivity index (χ0) is 20.4. The highest BCUT2D eigenvalue weighted by Gasteiger charge is 2.27. The van der Waals surface area contributed by atoms with E-state index in [1.54, 1.807) is 0 Å². The van der Waals surface area contributed by atoms with Gasteiger partial charge in [-0.3, -0.25) is 14.5 Å². The fourth-order valence-electron chi connectivity index (χ4n) is 2.88. The summed E-state index contributed by atoms with van der Waals surface area (Å²) in [6, 6.07) is 9.92. The minimum absolute atomic E-state index is 0.111. The van der Waals surface area contributed by atoms with Gasteiger partial charge in [0.2, 0.25) is 10.0 Å². The highest BCUT2D eigenvalue weighted by molar-refractivity contribution is 7.89. The van der Waals surface area contributed by atoms with Crippen molar-refractivity contribution in [3.63, 3.8) is 0 Å². The van der Waals surface area contributed by atoms with Gasteiger partial charge in [0.15, 0.2) is 10.6 Å². The average Bonchev–Trinajstić information content (AvgIpc) is 3.27. The zero-order valence-electron chi connectivity index (χ0n) is 15.3. The summed E-state index contributed by atoms with van der Waals surface area (Å²) in [5, 5.41) is 11.6. The molecule has 4 rings (SSSR count). The Kier molecular flexibility index (Phi) is 5.63. The molecule has 11 heteroatoms. The van der Waals surface area contributed by atoms with Gasteiger partial charge in [-0.25, -0.2) is 13.1 Å². The number of amides is 1. The predicted octanol–water partition coefficient (Wildman–Crippen LogP) is 2.75. The lowest BCUT2D eigenvalue weighted by Gasteiger charge is -2.08. The van der Waals surface area contributed by atoms with E-state index in [-0.39, 0.29) is 23.9 Å². The van der Waals surface area contributed by atoms with Gasteiger partial charge in [-0.15, -0.1) is 11.3 Å². The molecule has 1 aliphatic carbocycles. The first-order chi connectivity index (χ1) is 13.9. The molecule has 0 spiro atoms. The van der Waals surface area contributed by atoms with Crippen molar-refractivity contribution in [2.75, 3.05) is 0 Å². The SMILES string of the molecule is O=C(NCc1n[nH]c(=S)n1C1CC1)c1ccc(S(=O)(=O)NCc2cccs2)cc1. The maximum absolute atomic E-state index is 12.4. The number of H-pyrrole nitrogens is 1. The fourth-order valence-corrected chi connectivity index (χ4v) is 4.92. The van der Waals surface area contributed by atoms with Crippen LogP contribution in [-0.4, -0.2) is 29.1 Å². The Labute approximate surface area is 177 Å². The van der Waals surface area contributed by atoms with Crippen LogP contribution in [0.25, 0.3) is 0 Å². The third kappa shape index (κ3) is 4.64. The first kappa shape index (κ1) is 20.0. The Hall–Kier alpha value is -2.34. The lowest BCUT2D eigenvalue weighted by molar-refractivity contribution is 0.0949. The van der Waals surface area contributed by atoms with Crippen LogP contribution in [0, 0.1) is 4.77 Å². The second kappa shape index (κ2) is 8.19. The van der Waals surface area contributed by atoms with Crippen LogP contribution in [-0.2, 0) is 23.1 Å². The summed E-state index contributed by atoms with van der Waals surface area (Å²) in [6.45, 7) is 0.475. The van der Waals surface area contributed by atoms with E-state index in [2.05, 4.69) is 20.2 Å². The molecule has 0 radical (unpaired) electrons. The second-order valence-electron chi connectivity index (χ2n) is 6.66. The number of thiophene rings is 1. The molecule has 2 heterocycles. The van der Waals surface area contributed by atoms with E-state index in [1.165, 1.54) is 35.6 Å². The van der Waals surface area contributed by atoms with Crippen molar-refractivity contribution in [3.8, 4) is 0 Å². The van der Waals surface area contributed by atoms with Crippen LogP contribution in [0.3, 0.4) is 0 Å². The molecule has 0 bridgehead atoms. The fraction of sp³-hybridized carbons (Fsp3) is 0.278. The number of aromatic amines is 1. The van der Waals surface area contributed by atoms with Gasteiger partial charge in [-0.05, 0) is 60.8 Å². The van der Waals surface area contributed by atoms with Crippen molar-refractivity contribution in [1.82, 2.24) is 24.8 Å².